The van der Waals surface area contributed by atoms with Crippen LogP contribution in [0.15, 0.2) is 96.2 Å². The van der Waals surface area contributed by atoms with E-state index in [2.05, 4.69) is 48.1 Å². The van der Waals surface area contributed by atoms with Gasteiger partial charge in [-0.1, -0.05) is 72.9 Å². The lowest BCUT2D eigenvalue weighted by atomic mass is 9.89. The molecule has 8 rings (SSSR count). The Balaban J connectivity index is 0.000000169. The first-order chi connectivity index (χ1) is 31.9. The van der Waals surface area contributed by atoms with E-state index in [4.69, 9.17) is 63.4 Å². The second-order valence-corrected chi connectivity index (χ2v) is 19.1. The number of H-pyrrole nitrogens is 1. The molecule has 4 aromatic carbocycles. The first kappa shape index (κ1) is 51.9. The van der Waals surface area contributed by atoms with Crippen molar-refractivity contribution < 1.29 is 27.8 Å². The smallest absolute Gasteiger partial charge is 0.299 e. The number of aromatic nitrogens is 7. The average Bonchev–Trinajstić information content (AvgIpc) is 3.75. The van der Waals surface area contributed by atoms with Crippen LogP contribution in [0.4, 0.5) is 18.9 Å². The minimum atomic E-state index is -2.91. The predicted octanol–water partition coefficient (Wildman–Crippen LogP) is 12.3. The fraction of sp³-hybridized carbons (Fsp3) is 0.304. The summed E-state index contributed by atoms with van der Waals surface area (Å²) in [5, 5.41) is 22.1. The molecule has 0 saturated heterocycles. The first-order valence-electron chi connectivity index (χ1n) is 20.8. The molecule has 0 radical (unpaired) electrons. The van der Waals surface area contributed by atoms with Crippen LogP contribution in [0.2, 0.25) is 15.1 Å². The lowest BCUT2D eigenvalue weighted by Gasteiger charge is -2.33. The number of ether oxygens (including phenoxy) is 1. The van der Waals surface area contributed by atoms with Gasteiger partial charge in [0.1, 0.15) is 23.4 Å². The van der Waals surface area contributed by atoms with Crippen molar-refractivity contribution in [2.75, 3.05) is 11.9 Å². The second kappa shape index (κ2) is 22.7. The summed E-state index contributed by atoms with van der Waals surface area (Å²) < 4.78 is 51.4. The third kappa shape index (κ3) is 12.8. The Bertz CT molecular complexity index is 3000. The predicted molar refractivity (Wildman–Crippen MR) is 268 cm³/mol. The van der Waals surface area contributed by atoms with E-state index >= 15 is 0 Å². The van der Waals surface area contributed by atoms with Gasteiger partial charge in [0.25, 0.3) is 23.9 Å². The molecule has 1 unspecified atom stereocenters. The van der Waals surface area contributed by atoms with E-state index in [-0.39, 0.29) is 28.4 Å². The average molecular weight is 1130 g/mol. The van der Waals surface area contributed by atoms with Crippen LogP contribution >= 0.6 is 81.2 Å². The van der Waals surface area contributed by atoms with E-state index < -0.39 is 34.3 Å². The van der Waals surface area contributed by atoms with Gasteiger partial charge in [-0.25, -0.2) is 18.2 Å². The van der Waals surface area contributed by atoms with Gasteiger partial charge in [-0.05, 0) is 126 Å². The quantitative estimate of drug-likeness (QED) is 0.0555. The number of nitrogens with zero attached hydrogens (tertiary/aromatic N) is 6. The summed E-state index contributed by atoms with van der Waals surface area (Å²) in [4.78, 5) is 32.8. The fourth-order valence-electron chi connectivity index (χ4n) is 7.00. The van der Waals surface area contributed by atoms with Crippen molar-refractivity contribution in [3.05, 3.63) is 148 Å². The van der Waals surface area contributed by atoms with Crippen LogP contribution in [0, 0.1) is 14.2 Å². The molecular formula is C46H44Cl4F3IN8O4S. The maximum absolute atomic E-state index is 13.8. The third-order valence-corrected chi connectivity index (χ3v) is 13.4. The van der Waals surface area contributed by atoms with Crippen molar-refractivity contribution in [1.29, 1.82) is 0 Å². The molecule has 7 aromatic rings. The zero-order valence-electron chi connectivity index (χ0n) is 36.2. The number of rotatable bonds is 14. The van der Waals surface area contributed by atoms with Crippen LogP contribution in [-0.2, 0) is 26.6 Å². The number of carbonyl (C=O) groups excluding carboxylic acids is 1. The maximum atomic E-state index is 13.8. The molecule has 354 valence electrons. The van der Waals surface area contributed by atoms with Gasteiger partial charge < -0.3 is 15.2 Å². The Labute approximate surface area is 422 Å². The van der Waals surface area contributed by atoms with Gasteiger partial charge in [-0.3, -0.25) is 28.6 Å². The van der Waals surface area contributed by atoms with E-state index in [1.54, 1.807) is 15.3 Å². The number of benzene rings is 4. The SMILES string of the molecule is CCCOc1nc2ccc(I)cc2c(=O)n1CCC.Cn1cc(C(=O)Nc2ccc(F)cc2-c2ccc(Cl)c(Cl)c2)c(C(F)F)n1.OC(Cc1ccccc1Cl)(Cn1[nH]cnc1=S)C1(Cl)CC1. The number of hydrogen-bond acceptors (Lipinski definition) is 8. The van der Waals surface area contributed by atoms with Gasteiger partial charge >= 0.3 is 0 Å². The Morgan fingerprint density at radius 2 is 1.78 bits per heavy atom. The highest BCUT2D eigenvalue weighted by atomic mass is 127. The molecule has 1 amide bonds. The molecule has 12 nitrogen and oxygen atoms in total. The summed E-state index contributed by atoms with van der Waals surface area (Å²) in [6.45, 7) is 5.54. The standard InChI is InChI=1S/C18H12Cl2F3N3O.C14H15Cl2N3OS.C14H17IN2O2/c1-26-8-12(16(25-26)17(22)23)18(27)24-15-5-3-10(21)7-11(15)9-2-4-13(19)14(20)6-9;15-11-4-2-1-3-10(11)7-14(20,13(16)5-6-13)8-19-12(21)17-9-18-19;1-3-7-17-13(18)11-9-10(15)5-6-12(11)16-14(17)19-8-4-2/h2-8,17H,1H3,(H,24,27);1-4,9,20H,5-8H2,(H,17,18,21);5-6,9H,3-4,7-8H2,1-2H3. The summed E-state index contributed by atoms with van der Waals surface area (Å²) in [6, 6.07) is 21.9. The number of nitrogens with one attached hydrogen (secondary N) is 2. The van der Waals surface area contributed by atoms with Gasteiger partial charge in [-0.15, -0.1) is 11.6 Å². The number of carbonyl (C=O) groups is 1. The van der Waals surface area contributed by atoms with E-state index in [1.807, 2.05) is 56.3 Å². The Morgan fingerprint density at radius 3 is 2.42 bits per heavy atom. The highest BCUT2D eigenvalue weighted by Gasteiger charge is 2.58. The molecule has 0 spiro atoms. The Kier molecular flexibility index (Phi) is 17.6. The topological polar surface area (TPSA) is 145 Å². The number of amides is 1. The minimum Gasteiger partial charge on any atom is -0.465 e. The second-order valence-electron chi connectivity index (χ2n) is 15.6. The zero-order valence-corrected chi connectivity index (χ0v) is 42.2. The molecule has 1 saturated carbocycles. The van der Waals surface area contributed by atoms with E-state index in [9.17, 15) is 27.9 Å². The van der Waals surface area contributed by atoms with E-state index in [0.717, 1.165) is 45.6 Å². The van der Waals surface area contributed by atoms with Crippen molar-refractivity contribution in [1.82, 2.24) is 34.1 Å². The lowest BCUT2D eigenvalue weighted by Crippen LogP contribution is -2.47. The normalized spacial score (nSPS) is 13.6. The molecule has 1 aliphatic rings. The molecule has 3 aromatic heterocycles. The van der Waals surface area contributed by atoms with Gasteiger partial charge in [0.05, 0.1) is 44.5 Å². The van der Waals surface area contributed by atoms with Crippen LogP contribution in [0.1, 0.15) is 67.6 Å². The highest BCUT2D eigenvalue weighted by Crippen LogP contribution is 2.53. The van der Waals surface area contributed by atoms with E-state index in [1.165, 1.54) is 43.8 Å². The number of halogens is 8. The summed E-state index contributed by atoms with van der Waals surface area (Å²) >= 11 is 32.0. The Morgan fingerprint density at radius 1 is 1.03 bits per heavy atom. The molecular weight excluding hydrogens is 1090 g/mol. The first-order valence-corrected chi connectivity index (χ1v) is 23.8. The summed E-state index contributed by atoms with van der Waals surface area (Å²) in [5.74, 6) is -1.32. The van der Waals surface area contributed by atoms with Crippen molar-refractivity contribution >= 4 is 104 Å². The van der Waals surface area contributed by atoms with Crippen LogP contribution in [0.25, 0.3) is 22.0 Å². The van der Waals surface area contributed by atoms with Gasteiger partial charge in [0.15, 0.2) is 0 Å². The molecule has 67 heavy (non-hydrogen) atoms. The molecule has 0 aliphatic heterocycles. The summed E-state index contributed by atoms with van der Waals surface area (Å²) in [7, 11) is 1.43. The van der Waals surface area contributed by atoms with Crippen molar-refractivity contribution in [3.8, 4) is 17.1 Å². The number of aliphatic hydroxyl groups is 1. The minimum absolute atomic E-state index is 0.0172. The largest absolute Gasteiger partial charge is 0.465 e. The zero-order chi connectivity index (χ0) is 48.6. The van der Waals surface area contributed by atoms with Crippen LogP contribution in [0.3, 0.4) is 0 Å². The third-order valence-electron chi connectivity index (χ3n) is 10.5. The van der Waals surface area contributed by atoms with Crippen molar-refractivity contribution in [2.24, 2.45) is 7.05 Å². The molecule has 0 bridgehead atoms. The molecule has 1 aliphatic carbocycles. The molecule has 1 fully saturated rings. The monoisotopic (exact) mass is 1130 g/mol. The van der Waals surface area contributed by atoms with Crippen molar-refractivity contribution in [2.45, 2.75) is 75.9 Å². The number of aryl methyl sites for hydroxylation is 1. The number of alkyl halides is 3. The van der Waals surface area contributed by atoms with Gasteiger partial charge in [0.2, 0.25) is 4.77 Å². The number of hydrogen-bond donors (Lipinski definition) is 3. The number of anilines is 1. The van der Waals surface area contributed by atoms with Gasteiger partial charge in [-0.2, -0.15) is 10.1 Å². The molecule has 3 N–H and O–H groups in total. The Hall–Kier alpha value is -4.50. The highest BCUT2D eigenvalue weighted by molar-refractivity contribution is 14.1. The van der Waals surface area contributed by atoms with Crippen LogP contribution in [0.5, 0.6) is 6.01 Å². The maximum Gasteiger partial charge on any atom is 0.299 e. The summed E-state index contributed by atoms with van der Waals surface area (Å²) in [6.07, 6.45) is 3.48. The number of aromatic amines is 1. The lowest BCUT2D eigenvalue weighted by molar-refractivity contribution is 0.00727. The van der Waals surface area contributed by atoms with Crippen molar-refractivity contribution in [3.63, 3.8) is 0 Å². The molecule has 21 heteroatoms. The fourth-order valence-corrected chi connectivity index (χ4v) is 8.38. The van der Waals surface area contributed by atoms with Gasteiger partial charge in [0, 0.05) is 46.1 Å². The molecule has 1 atom stereocenters. The van der Waals surface area contributed by atoms with E-state index in [0.29, 0.717) is 62.4 Å². The van der Waals surface area contributed by atoms with Crippen LogP contribution < -0.4 is 15.6 Å². The summed E-state index contributed by atoms with van der Waals surface area (Å²) in [5.41, 5.74) is 0.572. The van der Waals surface area contributed by atoms with Crippen LogP contribution in [-0.4, -0.2) is 62.2 Å². The molecule has 3 heterocycles. The number of fused-ring (bicyclic) bond motifs is 1.